The van der Waals surface area contributed by atoms with Crippen molar-refractivity contribution in [1.29, 1.82) is 5.26 Å². The summed E-state index contributed by atoms with van der Waals surface area (Å²) in [6, 6.07) is 4.98. The SMILES string of the molecule is CC1(C)C(NC(=O)c2cnc(Cl)nc2)C(C)(C)C1Oc1ccc(C#N)c(OC(F)(F)F)c1. The molecular weight excluding hydrogens is 449 g/mol. The second-order valence-corrected chi connectivity index (χ2v) is 8.94. The van der Waals surface area contributed by atoms with Gasteiger partial charge in [0.15, 0.2) is 5.75 Å². The molecule has 170 valence electrons. The van der Waals surface area contributed by atoms with Gasteiger partial charge in [0.25, 0.3) is 5.91 Å². The van der Waals surface area contributed by atoms with Crippen LogP contribution in [0, 0.1) is 22.2 Å². The third kappa shape index (κ3) is 4.58. The van der Waals surface area contributed by atoms with Crippen molar-refractivity contribution < 1.29 is 27.4 Å². The Bertz CT molecular complexity index is 1050. The van der Waals surface area contributed by atoms with Crippen LogP contribution in [0.2, 0.25) is 5.28 Å². The largest absolute Gasteiger partial charge is 0.573 e. The van der Waals surface area contributed by atoms with Crippen LogP contribution in [0.25, 0.3) is 0 Å². The van der Waals surface area contributed by atoms with E-state index in [0.29, 0.717) is 0 Å². The number of amides is 1. The molecule has 1 N–H and O–H groups in total. The number of nitrogens with zero attached hydrogens (tertiary/aromatic N) is 3. The van der Waals surface area contributed by atoms with Crippen LogP contribution in [-0.2, 0) is 0 Å². The van der Waals surface area contributed by atoms with Crippen LogP contribution in [0.15, 0.2) is 30.6 Å². The second kappa shape index (κ2) is 8.13. The van der Waals surface area contributed by atoms with Gasteiger partial charge in [-0.2, -0.15) is 5.26 Å². The van der Waals surface area contributed by atoms with E-state index < -0.39 is 29.0 Å². The molecule has 1 aliphatic carbocycles. The summed E-state index contributed by atoms with van der Waals surface area (Å²) < 4.78 is 48.0. The number of aromatic nitrogens is 2. The first-order chi connectivity index (χ1) is 14.8. The lowest BCUT2D eigenvalue weighted by molar-refractivity contribution is -0.274. The number of hydrogen-bond donors (Lipinski definition) is 1. The molecule has 11 heteroatoms. The summed E-state index contributed by atoms with van der Waals surface area (Å²) >= 11 is 5.65. The summed E-state index contributed by atoms with van der Waals surface area (Å²) in [6.45, 7) is 7.51. The average Bonchev–Trinajstić information content (AvgIpc) is 2.69. The van der Waals surface area contributed by atoms with Crippen molar-refractivity contribution in [3.05, 3.63) is 47.0 Å². The summed E-state index contributed by atoms with van der Waals surface area (Å²) in [6.07, 6.45) is -2.78. The van der Waals surface area contributed by atoms with E-state index in [4.69, 9.17) is 21.6 Å². The molecule has 1 fully saturated rings. The summed E-state index contributed by atoms with van der Waals surface area (Å²) in [5.41, 5.74) is -1.18. The Kier molecular flexibility index (Phi) is 6.00. The molecule has 1 aliphatic rings. The highest BCUT2D eigenvalue weighted by Gasteiger charge is 2.64. The zero-order valence-corrected chi connectivity index (χ0v) is 18.4. The number of hydrogen-bond acceptors (Lipinski definition) is 6. The molecule has 0 bridgehead atoms. The fourth-order valence-corrected chi connectivity index (χ4v) is 4.55. The van der Waals surface area contributed by atoms with Crippen molar-refractivity contribution in [2.24, 2.45) is 10.8 Å². The fourth-order valence-electron chi connectivity index (χ4n) is 4.46. The second-order valence-electron chi connectivity index (χ2n) is 8.61. The topological polar surface area (TPSA) is 97.1 Å². The Balaban J connectivity index is 1.79. The molecule has 2 aromatic rings. The molecule has 0 saturated heterocycles. The molecule has 1 saturated carbocycles. The maximum atomic E-state index is 12.7. The van der Waals surface area contributed by atoms with E-state index in [0.717, 1.165) is 6.07 Å². The number of benzene rings is 1. The third-order valence-electron chi connectivity index (χ3n) is 5.55. The number of ether oxygens (including phenoxy) is 2. The quantitative estimate of drug-likeness (QED) is 0.648. The first kappa shape index (κ1) is 23.6. The number of alkyl halides is 3. The maximum absolute atomic E-state index is 12.7. The molecule has 7 nitrogen and oxygen atoms in total. The number of nitrogens with one attached hydrogen (secondary N) is 1. The first-order valence-corrected chi connectivity index (χ1v) is 9.88. The Labute approximate surface area is 187 Å². The molecule has 1 heterocycles. The molecular formula is C21H20ClF3N4O3. The smallest absolute Gasteiger partial charge is 0.489 e. The van der Waals surface area contributed by atoms with E-state index in [-0.39, 0.29) is 34.1 Å². The van der Waals surface area contributed by atoms with E-state index in [2.05, 4.69) is 20.0 Å². The summed E-state index contributed by atoms with van der Waals surface area (Å²) in [7, 11) is 0. The highest BCUT2D eigenvalue weighted by Crippen LogP contribution is 2.55. The number of carbonyl (C=O) groups excluding carboxylic acids is 1. The van der Waals surface area contributed by atoms with Crippen LogP contribution < -0.4 is 14.8 Å². The normalized spacial score (nSPS) is 21.1. The summed E-state index contributed by atoms with van der Waals surface area (Å²) in [5.74, 6) is -0.907. The van der Waals surface area contributed by atoms with Crippen molar-refractivity contribution >= 4 is 17.5 Å². The summed E-state index contributed by atoms with van der Waals surface area (Å²) in [5, 5.41) is 12.0. The molecule has 1 aromatic heterocycles. The maximum Gasteiger partial charge on any atom is 0.573 e. The van der Waals surface area contributed by atoms with Gasteiger partial charge in [-0.25, -0.2) is 9.97 Å². The molecule has 1 aromatic carbocycles. The Hall–Kier alpha value is -3.06. The van der Waals surface area contributed by atoms with Gasteiger partial charge in [-0.05, 0) is 23.7 Å². The van der Waals surface area contributed by atoms with Gasteiger partial charge in [-0.15, -0.1) is 13.2 Å². The predicted molar refractivity (Wildman–Crippen MR) is 108 cm³/mol. The van der Waals surface area contributed by atoms with Crippen LogP contribution in [0.5, 0.6) is 11.5 Å². The molecule has 32 heavy (non-hydrogen) atoms. The van der Waals surface area contributed by atoms with Gasteiger partial charge in [0, 0.05) is 35.3 Å². The summed E-state index contributed by atoms with van der Waals surface area (Å²) in [4.78, 5) is 20.2. The van der Waals surface area contributed by atoms with Gasteiger partial charge in [0.2, 0.25) is 5.28 Å². The number of nitriles is 1. The predicted octanol–water partition coefficient (Wildman–Crippen LogP) is 4.51. The lowest BCUT2D eigenvalue weighted by Crippen LogP contribution is -2.74. The van der Waals surface area contributed by atoms with Crippen molar-refractivity contribution in [3.63, 3.8) is 0 Å². The molecule has 0 spiro atoms. The van der Waals surface area contributed by atoms with Gasteiger partial charge < -0.3 is 14.8 Å². The number of rotatable bonds is 5. The van der Waals surface area contributed by atoms with Crippen LogP contribution >= 0.6 is 11.6 Å². The Morgan fingerprint density at radius 1 is 1.19 bits per heavy atom. The number of halogens is 4. The minimum atomic E-state index is -4.94. The van der Waals surface area contributed by atoms with E-state index in [1.807, 2.05) is 27.7 Å². The van der Waals surface area contributed by atoms with E-state index in [1.54, 1.807) is 6.07 Å². The van der Waals surface area contributed by atoms with Gasteiger partial charge in [-0.1, -0.05) is 27.7 Å². The van der Waals surface area contributed by atoms with Crippen molar-refractivity contribution in [1.82, 2.24) is 15.3 Å². The van der Waals surface area contributed by atoms with Gasteiger partial charge in [0.05, 0.1) is 11.1 Å². The Morgan fingerprint density at radius 2 is 1.78 bits per heavy atom. The third-order valence-corrected chi connectivity index (χ3v) is 5.75. The fraction of sp³-hybridized carbons (Fsp3) is 0.429. The van der Waals surface area contributed by atoms with Crippen LogP contribution in [0.3, 0.4) is 0 Å². The zero-order chi connectivity index (χ0) is 23.9. The lowest BCUT2D eigenvalue weighted by atomic mass is 9.49. The standard InChI is InChI=1S/C21H20ClF3N4O3/c1-19(2)16(29-15(30)12-9-27-18(22)28-10-12)20(3,4)17(19)31-13-6-5-11(8-26)14(7-13)32-21(23,24)25/h5-7,9-10,16-17H,1-4H3,(H,29,30). The molecule has 0 aliphatic heterocycles. The minimum Gasteiger partial charge on any atom is -0.489 e. The van der Waals surface area contributed by atoms with E-state index in [9.17, 15) is 18.0 Å². The van der Waals surface area contributed by atoms with Crippen LogP contribution in [-0.4, -0.2) is 34.4 Å². The zero-order valence-electron chi connectivity index (χ0n) is 17.6. The van der Waals surface area contributed by atoms with E-state index in [1.165, 1.54) is 24.5 Å². The van der Waals surface area contributed by atoms with Crippen LogP contribution in [0.4, 0.5) is 13.2 Å². The van der Waals surface area contributed by atoms with Crippen molar-refractivity contribution in [3.8, 4) is 17.6 Å². The van der Waals surface area contributed by atoms with Crippen LogP contribution in [0.1, 0.15) is 43.6 Å². The number of carbonyl (C=O) groups is 1. The highest BCUT2D eigenvalue weighted by atomic mass is 35.5. The van der Waals surface area contributed by atoms with Gasteiger partial charge in [-0.3, -0.25) is 4.79 Å². The van der Waals surface area contributed by atoms with Crippen molar-refractivity contribution in [2.45, 2.75) is 46.2 Å². The molecule has 0 atom stereocenters. The van der Waals surface area contributed by atoms with Gasteiger partial charge >= 0.3 is 6.36 Å². The molecule has 0 radical (unpaired) electrons. The average molecular weight is 469 g/mol. The molecule has 0 unspecified atom stereocenters. The molecule has 1 amide bonds. The lowest BCUT2D eigenvalue weighted by Gasteiger charge is -2.63. The van der Waals surface area contributed by atoms with Gasteiger partial charge in [0.1, 0.15) is 17.9 Å². The highest BCUT2D eigenvalue weighted by molar-refractivity contribution is 6.28. The monoisotopic (exact) mass is 468 g/mol. The molecule has 3 rings (SSSR count). The minimum absolute atomic E-state index is 0.0237. The first-order valence-electron chi connectivity index (χ1n) is 9.50. The Morgan fingerprint density at radius 3 is 2.31 bits per heavy atom. The van der Waals surface area contributed by atoms with Crippen molar-refractivity contribution in [2.75, 3.05) is 0 Å². The van der Waals surface area contributed by atoms with E-state index >= 15 is 0 Å².